The summed E-state index contributed by atoms with van der Waals surface area (Å²) < 4.78 is 26.2. The van der Waals surface area contributed by atoms with Crippen molar-refractivity contribution in [2.24, 2.45) is 0 Å². The standard InChI is InChI=1S/C8H14N2O3S3/c1-5(14-3)4-9-16(12,13)7-6(2)10-8(11)15-7/h5,9H,4H2,1-3H3,(H,10,11). The quantitative estimate of drug-likeness (QED) is 0.836. The first-order valence-corrected chi connectivity index (χ1v) is 8.17. The molecule has 0 radical (unpaired) electrons. The number of thioether (sulfide) groups is 1. The fourth-order valence-electron chi connectivity index (χ4n) is 1.02. The minimum atomic E-state index is -3.55. The SMILES string of the molecule is CSC(C)CNS(=O)(=O)c1sc(=O)[nH]c1C. The van der Waals surface area contributed by atoms with Crippen LogP contribution in [0.25, 0.3) is 0 Å². The van der Waals surface area contributed by atoms with Gasteiger partial charge in [0.1, 0.15) is 0 Å². The van der Waals surface area contributed by atoms with Crippen molar-refractivity contribution in [1.82, 2.24) is 9.71 Å². The molecule has 8 heteroatoms. The molecule has 5 nitrogen and oxygen atoms in total. The highest BCUT2D eigenvalue weighted by Crippen LogP contribution is 2.15. The van der Waals surface area contributed by atoms with Crippen molar-refractivity contribution >= 4 is 33.1 Å². The molecule has 16 heavy (non-hydrogen) atoms. The van der Waals surface area contributed by atoms with Crippen LogP contribution in [0.2, 0.25) is 0 Å². The van der Waals surface area contributed by atoms with E-state index in [0.29, 0.717) is 23.6 Å². The van der Waals surface area contributed by atoms with E-state index < -0.39 is 10.0 Å². The Kier molecular flexibility index (Phi) is 4.60. The third-order valence-corrected chi connectivity index (χ3v) is 5.99. The van der Waals surface area contributed by atoms with Crippen LogP contribution in [0.5, 0.6) is 0 Å². The van der Waals surface area contributed by atoms with Crippen LogP contribution in [-0.4, -0.2) is 31.5 Å². The molecule has 0 fully saturated rings. The maximum Gasteiger partial charge on any atom is 0.305 e. The largest absolute Gasteiger partial charge is 0.315 e. The number of rotatable bonds is 5. The molecule has 0 bridgehead atoms. The van der Waals surface area contributed by atoms with Crippen molar-refractivity contribution in [2.75, 3.05) is 12.8 Å². The highest BCUT2D eigenvalue weighted by atomic mass is 32.2. The molecule has 92 valence electrons. The van der Waals surface area contributed by atoms with Gasteiger partial charge < -0.3 is 4.98 Å². The molecular weight excluding hydrogens is 268 g/mol. The lowest BCUT2D eigenvalue weighted by Crippen LogP contribution is -2.29. The van der Waals surface area contributed by atoms with Gasteiger partial charge in [-0.25, -0.2) is 13.1 Å². The van der Waals surface area contributed by atoms with E-state index in [1.807, 2.05) is 13.2 Å². The zero-order valence-electron chi connectivity index (χ0n) is 9.23. The topological polar surface area (TPSA) is 79.0 Å². The molecule has 1 aromatic rings. The first-order valence-electron chi connectivity index (χ1n) is 4.59. The van der Waals surface area contributed by atoms with Gasteiger partial charge in [-0.05, 0) is 13.2 Å². The van der Waals surface area contributed by atoms with Crippen LogP contribution >= 0.6 is 23.1 Å². The van der Waals surface area contributed by atoms with Gasteiger partial charge in [-0.15, -0.1) is 0 Å². The summed E-state index contributed by atoms with van der Waals surface area (Å²) >= 11 is 2.29. The second-order valence-corrected chi connectivity index (χ2v) is 7.55. The number of aromatic amines is 1. The van der Waals surface area contributed by atoms with E-state index in [1.54, 1.807) is 18.7 Å². The Balaban J connectivity index is 2.86. The van der Waals surface area contributed by atoms with E-state index >= 15 is 0 Å². The normalized spacial score (nSPS) is 13.9. The molecule has 1 unspecified atom stereocenters. The Labute approximate surface area is 103 Å². The maximum atomic E-state index is 11.8. The average molecular weight is 282 g/mol. The van der Waals surface area contributed by atoms with Gasteiger partial charge in [0.15, 0.2) is 4.21 Å². The Hall–Kier alpha value is -0.310. The van der Waals surface area contributed by atoms with E-state index in [9.17, 15) is 13.2 Å². The van der Waals surface area contributed by atoms with E-state index in [1.165, 1.54) is 0 Å². The first-order chi connectivity index (χ1) is 7.36. The Morgan fingerprint density at radius 1 is 1.56 bits per heavy atom. The molecule has 1 aromatic heterocycles. The molecule has 0 aliphatic heterocycles. The van der Waals surface area contributed by atoms with Crippen molar-refractivity contribution in [3.05, 3.63) is 15.4 Å². The monoisotopic (exact) mass is 282 g/mol. The van der Waals surface area contributed by atoms with Crippen LogP contribution in [0.4, 0.5) is 0 Å². The molecule has 0 spiro atoms. The Morgan fingerprint density at radius 2 is 2.19 bits per heavy atom. The fourth-order valence-corrected chi connectivity index (χ4v) is 3.85. The number of thiazole rings is 1. The first kappa shape index (κ1) is 13.8. The van der Waals surface area contributed by atoms with Crippen LogP contribution < -0.4 is 9.60 Å². The number of hydrogen-bond acceptors (Lipinski definition) is 5. The summed E-state index contributed by atoms with van der Waals surface area (Å²) in [6.07, 6.45) is 1.92. The van der Waals surface area contributed by atoms with Crippen molar-refractivity contribution < 1.29 is 8.42 Å². The van der Waals surface area contributed by atoms with Crippen molar-refractivity contribution in [3.63, 3.8) is 0 Å². The highest BCUT2D eigenvalue weighted by molar-refractivity contribution is 7.99. The number of sulfonamides is 1. The minimum Gasteiger partial charge on any atom is -0.315 e. The molecule has 0 aromatic carbocycles. The fraction of sp³-hybridized carbons (Fsp3) is 0.625. The van der Waals surface area contributed by atoms with Crippen LogP contribution in [0, 0.1) is 6.92 Å². The molecule has 1 atom stereocenters. The van der Waals surface area contributed by atoms with E-state index in [2.05, 4.69) is 9.71 Å². The molecular formula is C8H14N2O3S3. The van der Waals surface area contributed by atoms with Gasteiger partial charge in [0, 0.05) is 17.5 Å². The van der Waals surface area contributed by atoms with Crippen molar-refractivity contribution in [3.8, 4) is 0 Å². The molecule has 1 heterocycles. The lowest BCUT2D eigenvalue weighted by atomic mass is 10.5. The number of hydrogen-bond donors (Lipinski definition) is 2. The third-order valence-electron chi connectivity index (χ3n) is 1.99. The lowest BCUT2D eigenvalue weighted by molar-refractivity contribution is 0.583. The minimum absolute atomic E-state index is 0.0748. The van der Waals surface area contributed by atoms with E-state index in [0.717, 1.165) is 0 Å². The zero-order valence-corrected chi connectivity index (χ0v) is 11.7. The van der Waals surface area contributed by atoms with Gasteiger partial charge in [-0.1, -0.05) is 18.3 Å². The summed E-state index contributed by atoms with van der Waals surface area (Å²) in [7, 11) is -3.55. The lowest BCUT2D eigenvalue weighted by Gasteiger charge is -2.09. The highest BCUT2D eigenvalue weighted by Gasteiger charge is 2.20. The maximum absolute atomic E-state index is 11.8. The summed E-state index contributed by atoms with van der Waals surface area (Å²) in [6, 6.07) is 0. The predicted octanol–water partition coefficient (Wildman–Crippen LogP) is 0.775. The van der Waals surface area contributed by atoms with Gasteiger partial charge in [-0.2, -0.15) is 11.8 Å². The second-order valence-electron chi connectivity index (χ2n) is 3.33. The predicted molar refractivity (Wildman–Crippen MR) is 67.8 cm³/mol. The van der Waals surface area contributed by atoms with Crippen LogP contribution in [-0.2, 0) is 10.0 Å². The van der Waals surface area contributed by atoms with E-state index in [4.69, 9.17) is 0 Å². The molecule has 0 saturated heterocycles. The number of aryl methyl sites for hydroxylation is 1. The average Bonchev–Trinajstić information content (AvgIpc) is 2.55. The van der Waals surface area contributed by atoms with Crippen LogP contribution in [0.3, 0.4) is 0 Å². The number of H-pyrrole nitrogens is 1. The van der Waals surface area contributed by atoms with E-state index in [-0.39, 0.29) is 14.3 Å². The van der Waals surface area contributed by atoms with Crippen LogP contribution in [0.1, 0.15) is 12.6 Å². The van der Waals surface area contributed by atoms with Crippen molar-refractivity contribution in [1.29, 1.82) is 0 Å². The molecule has 0 aliphatic carbocycles. The summed E-state index contributed by atoms with van der Waals surface area (Å²) in [5.41, 5.74) is 0.388. The second kappa shape index (κ2) is 5.35. The molecule has 2 N–H and O–H groups in total. The Bertz CT molecular complexity index is 503. The van der Waals surface area contributed by atoms with Crippen molar-refractivity contribution in [2.45, 2.75) is 23.3 Å². The molecule has 0 saturated carbocycles. The van der Waals surface area contributed by atoms with Gasteiger partial charge in [0.2, 0.25) is 0 Å². The third kappa shape index (κ3) is 3.34. The summed E-state index contributed by atoms with van der Waals surface area (Å²) in [4.78, 5) is 13.1. The summed E-state index contributed by atoms with van der Waals surface area (Å²) in [5, 5.41) is 0.200. The molecule has 0 amide bonds. The van der Waals surface area contributed by atoms with Gasteiger partial charge in [0.25, 0.3) is 10.0 Å². The Morgan fingerprint density at radius 3 is 2.62 bits per heavy atom. The summed E-state index contributed by atoms with van der Waals surface area (Å²) in [6.45, 7) is 3.86. The smallest absolute Gasteiger partial charge is 0.305 e. The summed E-state index contributed by atoms with van der Waals surface area (Å²) in [5.74, 6) is 0. The van der Waals surface area contributed by atoms with Gasteiger partial charge in [-0.3, -0.25) is 4.79 Å². The van der Waals surface area contributed by atoms with Gasteiger partial charge in [0.05, 0.1) is 0 Å². The molecule has 1 rings (SSSR count). The van der Waals surface area contributed by atoms with Crippen LogP contribution in [0.15, 0.2) is 9.00 Å². The molecule has 0 aliphatic rings. The number of aromatic nitrogens is 1. The number of nitrogens with one attached hydrogen (secondary N) is 2. The zero-order chi connectivity index (χ0) is 12.3. The van der Waals surface area contributed by atoms with Gasteiger partial charge >= 0.3 is 4.87 Å².